The zero-order valence-corrected chi connectivity index (χ0v) is 8.00. The Labute approximate surface area is 81.1 Å². The van der Waals surface area contributed by atoms with E-state index < -0.39 is 6.03 Å². The van der Waals surface area contributed by atoms with Crippen molar-refractivity contribution in [3.05, 3.63) is 0 Å². The van der Waals surface area contributed by atoms with Crippen molar-refractivity contribution in [3.8, 4) is 0 Å². The third-order valence-electron chi connectivity index (χ3n) is 1.12. The van der Waals surface area contributed by atoms with Crippen molar-refractivity contribution in [1.82, 2.24) is 16.3 Å². The minimum atomic E-state index is -0.807. The Bertz CT molecular complexity index is 249. The van der Waals surface area contributed by atoms with E-state index in [1.54, 1.807) is 13.8 Å². The van der Waals surface area contributed by atoms with E-state index >= 15 is 0 Å². The number of hydrazine groups is 1. The fourth-order valence-corrected chi connectivity index (χ4v) is 0.398. The van der Waals surface area contributed by atoms with Crippen molar-refractivity contribution < 1.29 is 9.59 Å². The van der Waals surface area contributed by atoms with Gasteiger partial charge in [0.15, 0.2) is 0 Å². The molecule has 3 amide bonds. The number of rotatable bonds is 2. The van der Waals surface area contributed by atoms with Crippen LogP contribution >= 0.6 is 0 Å². The Morgan fingerprint density at radius 1 is 1.21 bits per heavy atom. The Morgan fingerprint density at radius 2 is 1.79 bits per heavy atom. The lowest BCUT2D eigenvalue weighted by Crippen LogP contribution is -2.48. The van der Waals surface area contributed by atoms with Gasteiger partial charge in [-0.15, -0.1) is 5.10 Å². The zero-order valence-electron chi connectivity index (χ0n) is 8.00. The van der Waals surface area contributed by atoms with Gasteiger partial charge in [-0.1, -0.05) is 13.8 Å². The van der Waals surface area contributed by atoms with Crippen LogP contribution in [0.2, 0.25) is 0 Å². The van der Waals surface area contributed by atoms with Crippen molar-refractivity contribution >= 4 is 17.9 Å². The molecule has 80 valence electrons. The van der Waals surface area contributed by atoms with E-state index in [1.807, 2.05) is 5.43 Å². The summed E-state index contributed by atoms with van der Waals surface area (Å²) >= 11 is 0. The number of guanidine groups is 1. The Hall–Kier alpha value is -1.99. The highest BCUT2D eigenvalue weighted by Gasteiger charge is 2.04. The molecule has 0 unspecified atom stereocenters. The molecule has 0 aromatic heterocycles. The molecule has 0 saturated carbocycles. The summed E-state index contributed by atoms with van der Waals surface area (Å²) in [5, 5.41) is 3.43. The minimum Gasteiger partial charge on any atom is -0.367 e. The normalized spacial score (nSPS) is 10.9. The predicted molar refractivity (Wildman–Crippen MR) is 50.5 cm³/mol. The standard InChI is InChI=1S/C6H14N6O2/c1-3(2)4(13)9-10-5(7)11-12-6(8)14/h3H,1-2H3,(H,9,13)(H3,7,10,11)(H3,8,12,14). The van der Waals surface area contributed by atoms with Crippen LogP contribution in [0.1, 0.15) is 13.8 Å². The van der Waals surface area contributed by atoms with Crippen LogP contribution in [-0.4, -0.2) is 17.9 Å². The number of primary amides is 1. The summed E-state index contributed by atoms with van der Waals surface area (Å²) < 4.78 is 0. The molecule has 0 heterocycles. The van der Waals surface area contributed by atoms with Crippen LogP contribution in [0.5, 0.6) is 0 Å². The number of nitrogens with zero attached hydrogens (tertiary/aromatic N) is 1. The average molecular weight is 202 g/mol. The smallest absolute Gasteiger partial charge is 0.330 e. The zero-order chi connectivity index (χ0) is 11.1. The van der Waals surface area contributed by atoms with E-state index in [0.29, 0.717) is 0 Å². The molecular formula is C6H14N6O2. The maximum absolute atomic E-state index is 11.0. The lowest BCUT2D eigenvalue weighted by atomic mass is 10.2. The van der Waals surface area contributed by atoms with E-state index in [9.17, 15) is 9.59 Å². The molecule has 0 saturated heterocycles. The second-order valence-corrected chi connectivity index (χ2v) is 2.74. The lowest BCUT2D eigenvalue weighted by molar-refractivity contribution is -0.123. The number of nitrogens with two attached hydrogens (primary N) is 2. The maximum Gasteiger partial charge on any atom is 0.330 e. The molecule has 0 aromatic rings. The summed E-state index contributed by atoms with van der Waals surface area (Å²) in [5.74, 6) is -0.651. The van der Waals surface area contributed by atoms with Crippen molar-refractivity contribution in [1.29, 1.82) is 0 Å². The molecule has 0 aliphatic rings. The first-order chi connectivity index (χ1) is 6.43. The highest BCUT2D eigenvalue weighted by atomic mass is 16.2. The lowest BCUT2D eigenvalue weighted by Gasteiger charge is -2.06. The van der Waals surface area contributed by atoms with E-state index in [4.69, 9.17) is 11.5 Å². The van der Waals surface area contributed by atoms with Crippen LogP contribution in [0.25, 0.3) is 0 Å². The summed E-state index contributed by atoms with van der Waals surface area (Å²) in [4.78, 5) is 21.2. The van der Waals surface area contributed by atoms with Gasteiger partial charge in [0.2, 0.25) is 11.9 Å². The monoisotopic (exact) mass is 202 g/mol. The van der Waals surface area contributed by atoms with Gasteiger partial charge < -0.3 is 11.5 Å². The number of nitrogens with one attached hydrogen (secondary N) is 3. The Morgan fingerprint density at radius 3 is 2.21 bits per heavy atom. The molecule has 0 aliphatic heterocycles. The molecule has 0 spiro atoms. The first-order valence-corrected chi connectivity index (χ1v) is 3.88. The van der Waals surface area contributed by atoms with E-state index in [0.717, 1.165) is 0 Å². The second-order valence-electron chi connectivity index (χ2n) is 2.74. The SMILES string of the molecule is CC(C)C(=O)NN=C(N)NNC(N)=O. The first-order valence-electron chi connectivity index (χ1n) is 3.88. The number of hydrazone groups is 1. The van der Waals surface area contributed by atoms with Gasteiger partial charge in [-0.25, -0.2) is 15.6 Å². The third kappa shape index (κ3) is 5.63. The van der Waals surface area contributed by atoms with E-state index in [-0.39, 0.29) is 17.8 Å². The third-order valence-corrected chi connectivity index (χ3v) is 1.12. The molecule has 8 nitrogen and oxygen atoms in total. The topological polar surface area (TPSA) is 135 Å². The molecule has 0 atom stereocenters. The van der Waals surface area contributed by atoms with E-state index in [2.05, 4.69) is 16.0 Å². The maximum atomic E-state index is 11.0. The summed E-state index contributed by atoms with van der Waals surface area (Å²) in [5.41, 5.74) is 16.3. The van der Waals surface area contributed by atoms with Crippen molar-refractivity contribution in [3.63, 3.8) is 0 Å². The highest BCUT2D eigenvalue weighted by molar-refractivity contribution is 5.84. The highest BCUT2D eigenvalue weighted by Crippen LogP contribution is 1.89. The number of hydrogen-bond donors (Lipinski definition) is 5. The van der Waals surface area contributed by atoms with Crippen LogP contribution in [0.4, 0.5) is 4.79 Å². The summed E-state index contributed by atoms with van der Waals surface area (Å²) in [6, 6.07) is -0.807. The molecule has 0 aromatic carbocycles. The molecule has 0 rings (SSSR count). The molecule has 7 N–H and O–H groups in total. The molecular weight excluding hydrogens is 188 g/mol. The van der Waals surface area contributed by atoms with Crippen LogP contribution in [0.15, 0.2) is 5.10 Å². The van der Waals surface area contributed by atoms with Crippen molar-refractivity contribution in [2.45, 2.75) is 13.8 Å². The quantitative estimate of drug-likeness (QED) is 0.204. The number of amides is 3. The van der Waals surface area contributed by atoms with Crippen molar-refractivity contribution in [2.24, 2.45) is 22.5 Å². The number of carbonyl (C=O) groups is 2. The first kappa shape index (κ1) is 12.0. The second kappa shape index (κ2) is 5.62. The number of carbonyl (C=O) groups excluding carboxylic acids is 2. The minimum absolute atomic E-state index is 0.169. The van der Waals surface area contributed by atoms with Gasteiger partial charge in [0.05, 0.1) is 0 Å². The van der Waals surface area contributed by atoms with E-state index in [1.165, 1.54) is 0 Å². The van der Waals surface area contributed by atoms with Gasteiger partial charge >= 0.3 is 6.03 Å². The van der Waals surface area contributed by atoms with Gasteiger partial charge in [0.1, 0.15) is 0 Å². The van der Waals surface area contributed by atoms with Gasteiger partial charge in [-0.3, -0.25) is 10.2 Å². The molecule has 0 fully saturated rings. The molecule has 0 aliphatic carbocycles. The van der Waals surface area contributed by atoms with Gasteiger partial charge in [0, 0.05) is 5.92 Å². The number of urea groups is 1. The van der Waals surface area contributed by atoms with Crippen LogP contribution in [0.3, 0.4) is 0 Å². The Balaban J connectivity index is 3.88. The van der Waals surface area contributed by atoms with Gasteiger partial charge in [0.25, 0.3) is 0 Å². The van der Waals surface area contributed by atoms with Crippen LogP contribution in [-0.2, 0) is 4.79 Å². The molecule has 8 heteroatoms. The number of hydrogen-bond acceptors (Lipinski definition) is 3. The van der Waals surface area contributed by atoms with Crippen LogP contribution in [0, 0.1) is 5.92 Å². The fraction of sp³-hybridized carbons (Fsp3) is 0.500. The van der Waals surface area contributed by atoms with Gasteiger partial charge in [-0.05, 0) is 0 Å². The predicted octanol–water partition coefficient (Wildman–Crippen LogP) is -1.84. The van der Waals surface area contributed by atoms with Crippen LogP contribution < -0.4 is 27.7 Å². The molecule has 14 heavy (non-hydrogen) atoms. The molecule has 0 radical (unpaired) electrons. The average Bonchev–Trinajstić information content (AvgIpc) is 2.10. The Kier molecular flexibility index (Phi) is 4.82. The molecule has 0 bridgehead atoms. The summed E-state index contributed by atoms with van der Waals surface area (Å²) in [7, 11) is 0. The summed E-state index contributed by atoms with van der Waals surface area (Å²) in [6.07, 6.45) is 0. The summed E-state index contributed by atoms with van der Waals surface area (Å²) in [6.45, 7) is 3.41. The van der Waals surface area contributed by atoms with Gasteiger partial charge in [-0.2, -0.15) is 0 Å². The van der Waals surface area contributed by atoms with Crippen molar-refractivity contribution in [2.75, 3.05) is 0 Å². The fourth-order valence-electron chi connectivity index (χ4n) is 0.398. The largest absolute Gasteiger partial charge is 0.367 e.